The highest BCUT2D eigenvalue weighted by molar-refractivity contribution is 9.10. The minimum absolute atomic E-state index is 0.161. The summed E-state index contributed by atoms with van der Waals surface area (Å²) in [4.78, 5) is 33.7. The number of carbonyl (C=O) groups excluding carboxylic acids is 2. The molecule has 6 heteroatoms. The lowest BCUT2D eigenvalue weighted by molar-refractivity contribution is -0.375. The van der Waals surface area contributed by atoms with Gasteiger partial charge in [0.1, 0.15) is 6.10 Å². The van der Waals surface area contributed by atoms with E-state index in [9.17, 15) is 9.59 Å². The first kappa shape index (κ1) is 17.8. The van der Waals surface area contributed by atoms with E-state index in [-0.39, 0.29) is 6.42 Å². The van der Waals surface area contributed by atoms with Gasteiger partial charge in [0.25, 0.3) is 0 Å². The van der Waals surface area contributed by atoms with E-state index in [1.54, 1.807) is 6.07 Å². The Bertz CT molecular complexity index is 507. The molecule has 0 amide bonds. The maximum Gasteiger partial charge on any atom is 0.374 e. The molecule has 0 aliphatic carbocycles. The zero-order valence-corrected chi connectivity index (χ0v) is 14.1. The van der Waals surface area contributed by atoms with Gasteiger partial charge in [-0.2, -0.15) is 0 Å². The average molecular weight is 359 g/mol. The third kappa shape index (κ3) is 5.95. The van der Waals surface area contributed by atoms with Crippen molar-refractivity contribution in [3.8, 4) is 0 Å². The number of Topliss-reactive ketones (excluding diaryl/α,β-unsaturated/α-hetero) is 1. The lowest BCUT2D eigenvalue weighted by Gasteiger charge is -2.23. The largest absolute Gasteiger partial charge is 0.463 e. The molecular formula is C15H19BrO5. The molecule has 0 aliphatic heterocycles. The Morgan fingerprint density at radius 2 is 1.86 bits per heavy atom. The number of ketones is 1. The first-order valence-corrected chi connectivity index (χ1v) is 7.24. The number of methoxy groups -OCH3 is 1. The van der Waals surface area contributed by atoms with Crippen LogP contribution in [0.1, 0.15) is 38.9 Å². The molecule has 0 saturated heterocycles. The predicted octanol–water partition coefficient (Wildman–Crippen LogP) is 3.37. The number of esters is 1. The van der Waals surface area contributed by atoms with Crippen molar-refractivity contribution in [2.24, 2.45) is 0 Å². The Labute approximate surface area is 132 Å². The van der Waals surface area contributed by atoms with Gasteiger partial charge in [-0.15, -0.1) is 0 Å². The van der Waals surface area contributed by atoms with Gasteiger partial charge >= 0.3 is 5.97 Å². The molecule has 0 radical (unpaired) electrons. The average Bonchev–Trinajstić information content (AvgIpc) is 2.42. The number of ether oxygens (including phenoxy) is 1. The van der Waals surface area contributed by atoms with Crippen LogP contribution in [-0.2, 0) is 24.1 Å². The fourth-order valence-corrected chi connectivity index (χ4v) is 2.04. The molecule has 1 aromatic rings. The van der Waals surface area contributed by atoms with Crippen LogP contribution in [0.3, 0.4) is 0 Å². The molecule has 1 atom stereocenters. The van der Waals surface area contributed by atoms with Gasteiger partial charge in [0.15, 0.2) is 0 Å². The summed E-state index contributed by atoms with van der Waals surface area (Å²) in [6.07, 6.45) is -0.864. The minimum Gasteiger partial charge on any atom is -0.463 e. The van der Waals surface area contributed by atoms with Crippen LogP contribution in [0.4, 0.5) is 0 Å². The molecule has 0 spiro atoms. The predicted molar refractivity (Wildman–Crippen MR) is 80.4 cm³/mol. The van der Waals surface area contributed by atoms with Gasteiger partial charge in [-0.3, -0.25) is 4.79 Å². The number of hydrogen-bond acceptors (Lipinski definition) is 5. The Hall–Kier alpha value is -1.24. The van der Waals surface area contributed by atoms with Crippen molar-refractivity contribution in [1.29, 1.82) is 0 Å². The zero-order valence-electron chi connectivity index (χ0n) is 12.5. The smallest absolute Gasteiger partial charge is 0.374 e. The molecule has 0 unspecified atom stereocenters. The van der Waals surface area contributed by atoms with Crippen LogP contribution >= 0.6 is 15.9 Å². The molecule has 0 saturated carbocycles. The van der Waals surface area contributed by atoms with Gasteiger partial charge in [-0.1, -0.05) is 34.1 Å². The van der Waals surface area contributed by atoms with Crippen molar-refractivity contribution in [3.05, 3.63) is 34.3 Å². The Morgan fingerprint density at radius 1 is 1.24 bits per heavy atom. The van der Waals surface area contributed by atoms with Gasteiger partial charge in [0.2, 0.25) is 5.78 Å². The number of carbonyl (C=O) groups is 2. The molecule has 21 heavy (non-hydrogen) atoms. The highest BCUT2D eigenvalue weighted by Gasteiger charge is 2.26. The van der Waals surface area contributed by atoms with Gasteiger partial charge in [-0.25, -0.2) is 14.6 Å². The second-order valence-electron chi connectivity index (χ2n) is 5.42. The summed E-state index contributed by atoms with van der Waals surface area (Å²) < 4.78 is 5.20. The molecular weight excluding hydrogens is 340 g/mol. The SMILES string of the molecule is COC(=O)C(=O)C[C@H](OOC(C)(C)C)c1ccccc1Br. The molecule has 0 bridgehead atoms. The third-order valence-electron chi connectivity index (χ3n) is 2.45. The van der Waals surface area contributed by atoms with Crippen molar-refractivity contribution < 1.29 is 24.1 Å². The topological polar surface area (TPSA) is 61.8 Å². The summed E-state index contributed by atoms with van der Waals surface area (Å²) in [5.41, 5.74) is 0.187. The number of benzene rings is 1. The number of halogens is 1. The first-order valence-electron chi connectivity index (χ1n) is 6.44. The maximum absolute atomic E-state index is 11.8. The second kappa shape index (κ2) is 7.68. The first-order chi connectivity index (χ1) is 9.74. The van der Waals surface area contributed by atoms with Crippen molar-refractivity contribution >= 4 is 27.7 Å². The van der Waals surface area contributed by atoms with Crippen LogP contribution in [0.25, 0.3) is 0 Å². The molecule has 116 valence electrons. The van der Waals surface area contributed by atoms with Gasteiger partial charge in [-0.05, 0) is 32.4 Å². The molecule has 5 nitrogen and oxygen atoms in total. The fourth-order valence-electron chi connectivity index (χ4n) is 1.50. The Balaban J connectivity index is 2.92. The highest BCUT2D eigenvalue weighted by atomic mass is 79.9. The Kier molecular flexibility index (Phi) is 6.51. The molecule has 0 aromatic heterocycles. The lowest BCUT2D eigenvalue weighted by Crippen LogP contribution is -2.24. The van der Waals surface area contributed by atoms with E-state index in [1.165, 1.54) is 7.11 Å². The maximum atomic E-state index is 11.8. The summed E-state index contributed by atoms with van der Waals surface area (Å²) in [7, 11) is 1.17. The second-order valence-corrected chi connectivity index (χ2v) is 6.28. The monoisotopic (exact) mass is 358 g/mol. The van der Waals surface area contributed by atoms with Crippen LogP contribution in [-0.4, -0.2) is 24.5 Å². The summed E-state index contributed by atoms with van der Waals surface area (Å²) >= 11 is 3.40. The molecule has 0 aliphatic rings. The fraction of sp³-hybridized carbons (Fsp3) is 0.467. The van der Waals surface area contributed by atoms with Crippen molar-refractivity contribution in [3.63, 3.8) is 0 Å². The molecule has 0 N–H and O–H groups in total. The lowest BCUT2D eigenvalue weighted by atomic mass is 10.0. The van der Waals surface area contributed by atoms with Crippen LogP contribution in [0, 0.1) is 0 Å². The number of hydrogen-bond donors (Lipinski definition) is 0. The summed E-state index contributed by atoms with van der Waals surface area (Å²) in [5.74, 6) is -1.57. The van der Waals surface area contributed by atoms with E-state index in [0.29, 0.717) is 0 Å². The van der Waals surface area contributed by atoms with Crippen molar-refractivity contribution in [2.75, 3.05) is 7.11 Å². The molecule has 0 heterocycles. The minimum atomic E-state index is -0.897. The van der Waals surface area contributed by atoms with Crippen LogP contribution in [0.15, 0.2) is 28.7 Å². The van der Waals surface area contributed by atoms with E-state index in [2.05, 4.69) is 20.7 Å². The number of rotatable bonds is 6. The Morgan fingerprint density at radius 3 is 2.38 bits per heavy atom. The quantitative estimate of drug-likeness (QED) is 0.337. The van der Waals surface area contributed by atoms with E-state index in [1.807, 2.05) is 39.0 Å². The van der Waals surface area contributed by atoms with E-state index in [0.717, 1.165) is 10.0 Å². The molecule has 0 fully saturated rings. The highest BCUT2D eigenvalue weighted by Crippen LogP contribution is 2.30. The van der Waals surface area contributed by atoms with Gasteiger partial charge < -0.3 is 4.74 Å². The van der Waals surface area contributed by atoms with Crippen LogP contribution in [0.2, 0.25) is 0 Å². The van der Waals surface area contributed by atoms with Crippen LogP contribution in [0.5, 0.6) is 0 Å². The standard InChI is InChI=1S/C15H19BrO5/c1-15(2,3)21-20-13(9-12(17)14(18)19-4)10-7-5-6-8-11(10)16/h5-8,13H,9H2,1-4H3/t13-/m0/s1. The normalized spacial score (nSPS) is 12.8. The van der Waals surface area contributed by atoms with Crippen molar-refractivity contribution in [1.82, 2.24) is 0 Å². The van der Waals surface area contributed by atoms with E-state index >= 15 is 0 Å². The van der Waals surface area contributed by atoms with E-state index < -0.39 is 23.5 Å². The summed E-state index contributed by atoms with van der Waals surface area (Å²) in [6.45, 7) is 5.48. The summed E-state index contributed by atoms with van der Waals surface area (Å²) in [6, 6.07) is 7.28. The molecule has 1 aromatic carbocycles. The van der Waals surface area contributed by atoms with E-state index in [4.69, 9.17) is 9.78 Å². The zero-order chi connectivity index (χ0) is 16.0. The van der Waals surface area contributed by atoms with Gasteiger partial charge in [0.05, 0.1) is 19.1 Å². The molecule has 1 rings (SSSR count). The van der Waals surface area contributed by atoms with Gasteiger partial charge in [0, 0.05) is 4.47 Å². The summed E-state index contributed by atoms with van der Waals surface area (Å²) in [5, 5.41) is 0. The van der Waals surface area contributed by atoms with Crippen molar-refractivity contribution in [2.45, 2.75) is 38.9 Å². The van der Waals surface area contributed by atoms with Crippen LogP contribution < -0.4 is 0 Å². The third-order valence-corrected chi connectivity index (χ3v) is 3.17.